The minimum Gasteiger partial charge on any atom is -0.491 e. The minimum atomic E-state index is -0.223. The number of urea groups is 1. The number of aryl methyl sites for hydroxylation is 4. The molecule has 23 heavy (non-hydrogen) atoms. The molecule has 2 aromatic rings. The summed E-state index contributed by atoms with van der Waals surface area (Å²) >= 11 is 0. The van der Waals surface area contributed by atoms with Gasteiger partial charge in [0.05, 0.1) is 6.54 Å². The predicted molar refractivity (Wildman–Crippen MR) is 94.3 cm³/mol. The smallest absolute Gasteiger partial charge is 0.319 e. The zero-order chi connectivity index (χ0) is 16.8. The van der Waals surface area contributed by atoms with Crippen LogP contribution in [-0.4, -0.2) is 19.2 Å². The number of carbonyl (C=O) groups is 1. The quantitative estimate of drug-likeness (QED) is 0.816. The maximum Gasteiger partial charge on any atom is 0.319 e. The Morgan fingerprint density at radius 2 is 1.65 bits per heavy atom. The van der Waals surface area contributed by atoms with Crippen LogP contribution >= 0.6 is 0 Å². The standard InChI is InChI=1S/C19H24N2O2/c1-13-5-6-16(4)18(12-13)23-8-7-20-19(22)21-17-10-14(2)9-15(3)11-17/h5-6,9-12H,7-8H2,1-4H3,(H2,20,21,22). The van der Waals surface area contributed by atoms with E-state index in [0.29, 0.717) is 13.2 Å². The molecule has 2 N–H and O–H groups in total. The van der Waals surface area contributed by atoms with Crippen molar-refractivity contribution < 1.29 is 9.53 Å². The van der Waals surface area contributed by atoms with E-state index in [1.54, 1.807) is 0 Å². The van der Waals surface area contributed by atoms with E-state index in [1.807, 2.05) is 52.0 Å². The fourth-order valence-corrected chi connectivity index (χ4v) is 2.41. The summed E-state index contributed by atoms with van der Waals surface area (Å²) in [6.07, 6.45) is 0. The topological polar surface area (TPSA) is 50.4 Å². The van der Waals surface area contributed by atoms with E-state index in [4.69, 9.17) is 4.74 Å². The highest BCUT2D eigenvalue weighted by molar-refractivity contribution is 5.89. The van der Waals surface area contributed by atoms with Crippen molar-refractivity contribution >= 4 is 11.7 Å². The second kappa shape index (κ2) is 7.68. The average Bonchev–Trinajstić information content (AvgIpc) is 2.46. The molecule has 0 atom stereocenters. The van der Waals surface area contributed by atoms with Crippen molar-refractivity contribution in [2.24, 2.45) is 0 Å². The third-order valence-corrected chi connectivity index (χ3v) is 3.47. The van der Waals surface area contributed by atoms with Crippen LogP contribution < -0.4 is 15.4 Å². The first-order valence-corrected chi connectivity index (χ1v) is 7.77. The molecule has 0 saturated heterocycles. The van der Waals surface area contributed by atoms with Gasteiger partial charge in [-0.15, -0.1) is 0 Å². The van der Waals surface area contributed by atoms with Crippen LogP contribution in [0.3, 0.4) is 0 Å². The van der Waals surface area contributed by atoms with Crippen LogP contribution in [0.4, 0.5) is 10.5 Å². The number of amides is 2. The number of ether oxygens (including phenoxy) is 1. The highest BCUT2D eigenvalue weighted by Gasteiger charge is 2.03. The largest absolute Gasteiger partial charge is 0.491 e. The molecule has 4 heteroatoms. The van der Waals surface area contributed by atoms with E-state index in [1.165, 1.54) is 0 Å². The lowest BCUT2D eigenvalue weighted by Crippen LogP contribution is -2.32. The molecular weight excluding hydrogens is 288 g/mol. The Morgan fingerprint density at radius 3 is 2.35 bits per heavy atom. The van der Waals surface area contributed by atoms with E-state index in [0.717, 1.165) is 33.7 Å². The van der Waals surface area contributed by atoms with Crippen molar-refractivity contribution in [3.63, 3.8) is 0 Å². The molecule has 0 heterocycles. The lowest BCUT2D eigenvalue weighted by Gasteiger charge is -2.12. The average molecular weight is 312 g/mol. The fourth-order valence-electron chi connectivity index (χ4n) is 2.41. The Labute approximate surface area is 137 Å². The second-order valence-corrected chi connectivity index (χ2v) is 5.87. The summed E-state index contributed by atoms with van der Waals surface area (Å²) < 4.78 is 5.71. The SMILES string of the molecule is Cc1cc(C)cc(NC(=O)NCCOc2cc(C)ccc2C)c1. The Morgan fingerprint density at radius 1 is 0.957 bits per heavy atom. The monoisotopic (exact) mass is 312 g/mol. The zero-order valence-corrected chi connectivity index (χ0v) is 14.2. The van der Waals surface area contributed by atoms with Crippen LogP contribution in [0.15, 0.2) is 36.4 Å². The van der Waals surface area contributed by atoms with Crippen molar-refractivity contribution in [3.8, 4) is 5.75 Å². The number of anilines is 1. The van der Waals surface area contributed by atoms with E-state index in [-0.39, 0.29) is 6.03 Å². The van der Waals surface area contributed by atoms with Gasteiger partial charge in [0, 0.05) is 5.69 Å². The van der Waals surface area contributed by atoms with Crippen molar-refractivity contribution in [1.82, 2.24) is 5.32 Å². The molecule has 0 aliphatic carbocycles. The summed E-state index contributed by atoms with van der Waals surface area (Å²) in [4.78, 5) is 11.9. The Kier molecular flexibility index (Phi) is 5.63. The highest BCUT2D eigenvalue weighted by atomic mass is 16.5. The molecule has 0 aliphatic heterocycles. The number of hydrogen-bond acceptors (Lipinski definition) is 2. The van der Waals surface area contributed by atoms with Gasteiger partial charge < -0.3 is 15.4 Å². The molecule has 2 rings (SSSR count). The summed E-state index contributed by atoms with van der Waals surface area (Å²) in [6, 6.07) is 11.8. The first-order valence-electron chi connectivity index (χ1n) is 7.77. The molecule has 2 aromatic carbocycles. The van der Waals surface area contributed by atoms with E-state index < -0.39 is 0 Å². The van der Waals surface area contributed by atoms with Gasteiger partial charge in [0.25, 0.3) is 0 Å². The van der Waals surface area contributed by atoms with Gasteiger partial charge in [-0.25, -0.2) is 4.79 Å². The Balaban J connectivity index is 1.77. The molecule has 0 aromatic heterocycles. The summed E-state index contributed by atoms with van der Waals surface area (Å²) in [5.41, 5.74) is 5.30. The first-order chi connectivity index (χ1) is 10.9. The molecule has 0 aliphatic rings. The van der Waals surface area contributed by atoms with Gasteiger partial charge in [-0.1, -0.05) is 18.2 Å². The van der Waals surface area contributed by atoms with Crippen molar-refractivity contribution in [2.45, 2.75) is 27.7 Å². The molecule has 0 fully saturated rings. The maximum atomic E-state index is 11.9. The first kappa shape index (κ1) is 16.9. The third kappa shape index (κ3) is 5.33. The van der Waals surface area contributed by atoms with Gasteiger partial charge in [0.1, 0.15) is 12.4 Å². The maximum absolute atomic E-state index is 11.9. The molecular formula is C19H24N2O2. The predicted octanol–water partition coefficient (Wildman–Crippen LogP) is 4.12. The lowest BCUT2D eigenvalue weighted by atomic mass is 10.1. The summed E-state index contributed by atoms with van der Waals surface area (Å²) in [5, 5.41) is 5.64. The van der Waals surface area contributed by atoms with E-state index in [9.17, 15) is 4.79 Å². The molecule has 4 nitrogen and oxygen atoms in total. The van der Waals surface area contributed by atoms with Crippen LogP contribution in [-0.2, 0) is 0 Å². The van der Waals surface area contributed by atoms with E-state index in [2.05, 4.69) is 22.8 Å². The summed E-state index contributed by atoms with van der Waals surface area (Å²) in [6.45, 7) is 8.94. The van der Waals surface area contributed by atoms with Gasteiger partial charge in [0.15, 0.2) is 0 Å². The van der Waals surface area contributed by atoms with Crippen molar-refractivity contribution in [3.05, 3.63) is 58.7 Å². The lowest BCUT2D eigenvalue weighted by molar-refractivity contribution is 0.247. The van der Waals surface area contributed by atoms with Crippen LogP contribution in [0.5, 0.6) is 5.75 Å². The molecule has 0 bridgehead atoms. The van der Waals surface area contributed by atoms with Crippen molar-refractivity contribution in [2.75, 3.05) is 18.5 Å². The van der Waals surface area contributed by atoms with Gasteiger partial charge >= 0.3 is 6.03 Å². The summed E-state index contributed by atoms with van der Waals surface area (Å²) in [5.74, 6) is 0.863. The van der Waals surface area contributed by atoms with Crippen molar-refractivity contribution in [1.29, 1.82) is 0 Å². The minimum absolute atomic E-state index is 0.223. The number of carbonyl (C=O) groups excluding carboxylic acids is 1. The molecule has 0 unspecified atom stereocenters. The molecule has 2 amide bonds. The number of nitrogens with one attached hydrogen (secondary N) is 2. The van der Waals surface area contributed by atoms with Gasteiger partial charge in [0.2, 0.25) is 0 Å². The number of benzene rings is 2. The van der Waals surface area contributed by atoms with Gasteiger partial charge in [-0.2, -0.15) is 0 Å². The molecule has 122 valence electrons. The molecule has 0 spiro atoms. The molecule has 0 saturated carbocycles. The number of hydrogen-bond donors (Lipinski definition) is 2. The number of rotatable bonds is 5. The van der Waals surface area contributed by atoms with E-state index >= 15 is 0 Å². The normalized spacial score (nSPS) is 10.3. The highest BCUT2D eigenvalue weighted by Crippen LogP contribution is 2.18. The zero-order valence-electron chi connectivity index (χ0n) is 14.2. The van der Waals surface area contributed by atoms with Crippen LogP contribution in [0.25, 0.3) is 0 Å². The van der Waals surface area contributed by atoms with Crippen LogP contribution in [0.1, 0.15) is 22.3 Å². The second-order valence-electron chi connectivity index (χ2n) is 5.87. The third-order valence-electron chi connectivity index (χ3n) is 3.47. The molecule has 0 radical (unpaired) electrons. The van der Waals surface area contributed by atoms with Gasteiger partial charge in [-0.05, 0) is 68.1 Å². The summed E-state index contributed by atoms with van der Waals surface area (Å²) in [7, 11) is 0. The van der Waals surface area contributed by atoms with Gasteiger partial charge in [-0.3, -0.25) is 0 Å². The Bertz CT molecular complexity index is 676. The fraction of sp³-hybridized carbons (Fsp3) is 0.316. The van der Waals surface area contributed by atoms with Crippen LogP contribution in [0.2, 0.25) is 0 Å². The Hall–Kier alpha value is -2.49. The van der Waals surface area contributed by atoms with Crippen LogP contribution in [0, 0.1) is 27.7 Å².